The van der Waals surface area contributed by atoms with E-state index in [2.05, 4.69) is 36.5 Å². The summed E-state index contributed by atoms with van der Waals surface area (Å²) in [6, 6.07) is 9.78. The van der Waals surface area contributed by atoms with Gasteiger partial charge < -0.3 is 10.1 Å². The van der Waals surface area contributed by atoms with Crippen molar-refractivity contribution in [3.63, 3.8) is 0 Å². The van der Waals surface area contributed by atoms with E-state index in [1.807, 2.05) is 0 Å². The van der Waals surface area contributed by atoms with E-state index in [0.717, 1.165) is 18.6 Å². The normalized spacial score (nSPS) is 16.3. The van der Waals surface area contributed by atoms with Gasteiger partial charge in [-0.25, -0.2) is 0 Å². The maximum Gasteiger partial charge on any atom is 0.0462 e. The molecule has 0 amide bonds. The van der Waals surface area contributed by atoms with Crippen LogP contribution in [0.25, 0.3) is 0 Å². The van der Waals surface area contributed by atoms with Crippen LogP contribution in [0.5, 0.6) is 0 Å². The second kappa shape index (κ2) is 8.43. The molecule has 2 rings (SSSR count). The fourth-order valence-corrected chi connectivity index (χ4v) is 2.75. The van der Waals surface area contributed by atoms with Crippen molar-refractivity contribution in [2.75, 3.05) is 20.3 Å². The summed E-state index contributed by atoms with van der Waals surface area (Å²) in [5.41, 5.74) is 2.86. The number of benzene rings is 1. The van der Waals surface area contributed by atoms with Gasteiger partial charge in [-0.3, -0.25) is 0 Å². The Balaban J connectivity index is 1.80. The molecule has 1 saturated carbocycles. The molecule has 1 aromatic carbocycles. The van der Waals surface area contributed by atoms with Gasteiger partial charge in [-0.05, 0) is 57.1 Å². The second-order valence-corrected chi connectivity index (χ2v) is 6.23. The molecule has 1 aliphatic rings. The minimum atomic E-state index is 0.759. The zero-order valence-electron chi connectivity index (χ0n) is 13.0. The first kappa shape index (κ1) is 15.5. The molecule has 2 nitrogen and oxygen atoms in total. The number of hydrogen-bond acceptors (Lipinski definition) is 2. The summed E-state index contributed by atoms with van der Waals surface area (Å²) in [6.07, 6.45) is 7.72. The summed E-state index contributed by atoms with van der Waals surface area (Å²) in [4.78, 5) is 0. The summed E-state index contributed by atoms with van der Waals surface area (Å²) in [7, 11) is 1.79. The van der Waals surface area contributed by atoms with Crippen LogP contribution in [-0.4, -0.2) is 26.3 Å². The maximum atomic E-state index is 5.15. The van der Waals surface area contributed by atoms with Crippen molar-refractivity contribution < 1.29 is 4.74 Å². The lowest BCUT2D eigenvalue weighted by atomic mass is 9.93. The van der Waals surface area contributed by atoms with E-state index in [-0.39, 0.29) is 0 Å². The van der Waals surface area contributed by atoms with Crippen molar-refractivity contribution in [1.82, 2.24) is 5.32 Å². The fraction of sp³-hybridized carbons (Fsp3) is 0.667. The molecule has 0 aromatic heterocycles. The Kier molecular flexibility index (Phi) is 6.55. The van der Waals surface area contributed by atoms with E-state index in [4.69, 9.17) is 4.74 Å². The molecule has 2 heteroatoms. The zero-order chi connectivity index (χ0) is 14.2. The largest absolute Gasteiger partial charge is 0.385 e. The molecule has 1 N–H and O–H groups in total. The van der Waals surface area contributed by atoms with E-state index < -0.39 is 0 Å². The Labute approximate surface area is 123 Å². The molecule has 0 heterocycles. The molecule has 20 heavy (non-hydrogen) atoms. The van der Waals surface area contributed by atoms with Crippen molar-refractivity contribution in [2.45, 2.75) is 51.5 Å². The highest BCUT2D eigenvalue weighted by atomic mass is 16.5. The summed E-state index contributed by atoms with van der Waals surface area (Å²) < 4.78 is 5.15. The Morgan fingerprint density at radius 3 is 2.85 bits per heavy atom. The van der Waals surface area contributed by atoms with Gasteiger partial charge in [-0.15, -0.1) is 0 Å². The SMILES string of the molecule is COCCCCC(CNC1CC1)Cc1cccc(C)c1. The molecule has 0 radical (unpaired) electrons. The highest BCUT2D eigenvalue weighted by Crippen LogP contribution is 2.21. The maximum absolute atomic E-state index is 5.15. The molecule has 1 aliphatic carbocycles. The molecule has 1 unspecified atom stereocenters. The highest BCUT2D eigenvalue weighted by molar-refractivity contribution is 5.22. The van der Waals surface area contributed by atoms with Gasteiger partial charge in [0.1, 0.15) is 0 Å². The fourth-order valence-electron chi connectivity index (χ4n) is 2.75. The molecule has 112 valence electrons. The molecule has 1 aromatic rings. The first-order valence-electron chi connectivity index (χ1n) is 8.06. The lowest BCUT2D eigenvalue weighted by Crippen LogP contribution is -2.26. The van der Waals surface area contributed by atoms with E-state index in [9.17, 15) is 0 Å². The predicted molar refractivity (Wildman–Crippen MR) is 85.1 cm³/mol. The van der Waals surface area contributed by atoms with Gasteiger partial charge in [0.25, 0.3) is 0 Å². The first-order chi connectivity index (χ1) is 9.78. The van der Waals surface area contributed by atoms with Crippen molar-refractivity contribution in [3.05, 3.63) is 35.4 Å². The number of ether oxygens (including phenoxy) is 1. The zero-order valence-corrected chi connectivity index (χ0v) is 13.0. The molecule has 1 fully saturated rings. The number of nitrogens with one attached hydrogen (secondary N) is 1. The Morgan fingerprint density at radius 2 is 2.15 bits per heavy atom. The molecule has 0 saturated heterocycles. The van der Waals surface area contributed by atoms with Crippen LogP contribution in [0.2, 0.25) is 0 Å². The Morgan fingerprint density at radius 1 is 1.30 bits per heavy atom. The van der Waals surface area contributed by atoms with Crippen molar-refractivity contribution >= 4 is 0 Å². The van der Waals surface area contributed by atoms with Crippen molar-refractivity contribution in [3.8, 4) is 0 Å². The lowest BCUT2D eigenvalue weighted by molar-refractivity contribution is 0.190. The summed E-state index contributed by atoms with van der Waals surface area (Å²) in [5.74, 6) is 0.759. The average molecular weight is 275 g/mol. The predicted octanol–water partition coefficient (Wildman–Crippen LogP) is 3.72. The summed E-state index contributed by atoms with van der Waals surface area (Å²) in [5, 5.41) is 3.70. The number of hydrogen-bond donors (Lipinski definition) is 1. The van der Waals surface area contributed by atoms with Crippen molar-refractivity contribution in [2.24, 2.45) is 5.92 Å². The number of aryl methyl sites for hydroxylation is 1. The van der Waals surface area contributed by atoms with Gasteiger partial charge in [0.2, 0.25) is 0 Å². The van der Waals surface area contributed by atoms with Crippen LogP contribution in [0, 0.1) is 12.8 Å². The van der Waals surface area contributed by atoms with Crippen molar-refractivity contribution in [1.29, 1.82) is 0 Å². The van der Waals surface area contributed by atoms with Gasteiger partial charge in [-0.2, -0.15) is 0 Å². The highest BCUT2D eigenvalue weighted by Gasteiger charge is 2.21. The molecule has 0 spiro atoms. The minimum absolute atomic E-state index is 0.759. The Bertz CT molecular complexity index is 387. The number of rotatable bonds is 10. The molecule has 1 atom stereocenters. The third-order valence-electron chi connectivity index (χ3n) is 4.09. The van der Waals surface area contributed by atoms with Gasteiger partial charge in [0, 0.05) is 19.8 Å². The van der Waals surface area contributed by atoms with Crippen LogP contribution in [0.4, 0.5) is 0 Å². The minimum Gasteiger partial charge on any atom is -0.385 e. The van der Waals surface area contributed by atoms with Gasteiger partial charge >= 0.3 is 0 Å². The monoisotopic (exact) mass is 275 g/mol. The van der Waals surface area contributed by atoms with Crippen LogP contribution in [0.3, 0.4) is 0 Å². The average Bonchev–Trinajstić information content (AvgIpc) is 3.25. The number of unbranched alkanes of at least 4 members (excludes halogenated alkanes) is 1. The van der Waals surface area contributed by atoms with Crippen LogP contribution < -0.4 is 5.32 Å². The third kappa shape index (κ3) is 6.06. The van der Waals surface area contributed by atoms with Gasteiger partial charge in [0.05, 0.1) is 0 Å². The molecule has 0 aliphatic heterocycles. The van der Waals surface area contributed by atoms with Crippen LogP contribution >= 0.6 is 0 Å². The topological polar surface area (TPSA) is 21.3 Å². The second-order valence-electron chi connectivity index (χ2n) is 6.23. The van der Waals surface area contributed by atoms with Crippen LogP contribution in [0.15, 0.2) is 24.3 Å². The quantitative estimate of drug-likeness (QED) is 0.657. The molecular weight excluding hydrogens is 246 g/mol. The number of methoxy groups -OCH3 is 1. The lowest BCUT2D eigenvalue weighted by Gasteiger charge is -2.18. The standard InChI is InChI=1S/C18H29NO/c1-15-6-5-8-16(12-15)13-17(7-3-4-11-20-2)14-19-18-9-10-18/h5-6,8,12,17-19H,3-4,7,9-11,13-14H2,1-2H3. The summed E-state index contributed by atoms with van der Waals surface area (Å²) >= 11 is 0. The van der Waals surface area contributed by atoms with E-state index in [0.29, 0.717) is 0 Å². The molecule has 0 bridgehead atoms. The summed E-state index contributed by atoms with van der Waals surface area (Å²) in [6.45, 7) is 4.25. The van der Waals surface area contributed by atoms with Gasteiger partial charge in [0.15, 0.2) is 0 Å². The van der Waals surface area contributed by atoms with E-state index in [1.54, 1.807) is 7.11 Å². The first-order valence-corrected chi connectivity index (χ1v) is 8.06. The molecular formula is C18H29NO. The van der Waals surface area contributed by atoms with Crippen LogP contribution in [-0.2, 0) is 11.2 Å². The van der Waals surface area contributed by atoms with E-state index >= 15 is 0 Å². The third-order valence-corrected chi connectivity index (χ3v) is 4.09. The van der Waals surface area contributed by atoms with Gasteiger partial charge in [-0.1, -0.05) is 36.2 Å². The Hall–Kier alpha value is -0.860. The van der Waals surface area contributed by atoms with E-state index in [1.165, 1.54) is 56.2 Å². The van der Waals surface area contributed by atoms with Crippen LogP contribution in [0.1, 0.15) is 43.2 Å². The smallest absolute Gasteiger partial charge is 0.0462 e.